The number of hydrogen-bond acceptors (Lipinski definition) is 4. The van der Waals surface area contributed by atoms with Crippen LogP contribution in [0.25, 0.3) is 17.4 Å². The number of carbonyl (C=O) groups is 1. The molecule has 126 valence electrons. The molecular weight excluding hydrogens is 333 g/mol. The molecule has 1 aromatic heterocycles. The van der Waals surface area contributed by atoms with Gasteiger partial charge in [-0.2, -0.15) is 0 Å². The summed E-state index contributed by atoms with van der Waals surface area (Å²) in [5.74, 6) is 0.0809. The first-order valence-electron chi connectivity index (χ1n) is 7.47. The summed E-state index contributed by atoms with van der Waals surface area (Å²) >= 11 is 0. The van der Waals surface area contributed by atoms with Gasteiger partial charge in [0.2, 0.25) is 5.91 Å². The Kier molecular flexibility index (Phi) is 4.53. The Morgan fingerprint density at radius 1 is 1.25 bits per heavy atom. The maximum absolute atomic E-state index is 13.7. The molecule has 24 heavy (non-hydrogen) atoms. The van der Waals surface area contributed by atoms with E-state index in [2.05, 4.69) is 5.32 Å². The first-order chi connectivity index (χ1) is 11.4. The molecule has 0 aliphatic carbocycles. The number of amides is 1. The van der Waals surface area contributed by atoms with Crippen LogP contribution in [-0.4, -0.2) is 31.9 Å². The summed E-state index contributed by atoms with van der Waals surface area (Å²) < 4.78 is 41.9. The molecular formula is C17H16FNO4S. The molecule has 3 rings (SSSR count). The van der Waals surface area contributed by atoms with Crippen molar-refractivity contribution in [1.29, 1.82) is 0 Å². The zero-order valence-electron chi connectivity index (χ0n) is 12.7. The van der Waals surface area contributed by atoms with Crippen LogP contribution < -0.4 is 5.32 Å². The minimum Gasteiger partial charge on any atom is -0.457 e. The van der Waals surface area contributed by atoms with E-state index in [1.807, 2.05) is 0 Å². The molecule has 1 saturated heterocycles. The number of halogens is 1. The molecule has 1 unspecified atom stereocenters. The van der Waals surface area contributed by atoms with Crippen molar-refractivity contribution in [3.05, 3.63) is 54.1 Å². The highest BCUT2D eigenvalue weighted by atomic mass is 32.2. The summed E-state index contributed by atoms with van der Waals surface area (Å²) in [5, 5.41) is 2.65. The third-order valence-corrected chi connectivity index (χ3v) is 5.51. The maximum Gasteiger partial charge on any atom is 0.244 e. The van der Waals surface area contributed by atoms with Gasteiger partial charge < -0.3 is 9.73 Å². The summed E-state index contributed by atoms with van der Waals surface area (Å²) in [7, 11) is -3.03. The second-order valence-corrected chi connectivity index (χ2v) is 7.85. The summed E-state index contributed by atoms with van der Waals surface area (Å²) in [6, 6.07) is 9.16. The molecule has 2 aromatic rings. The highest BCUT2D eigenvalue weighted by Crippen LogP contribution is 2.25. The van der Waals surface area contributed by atoms with E-state index in [-0.39, 0.29) is 29.3 Å². The SMILES string of the molecule is O=C(/C=C/c1ccc(-c2ccccc2F)o1)NC1CCS(=O)(=O)C1. The zero-order valence-corrected chi connectivity index (χ0v) is 13.6. The van der Waals surface area contributed by atoms with Crippen molar-refractivity contribution in [2.24, 2.45) is 0 Å². The third kappa shape index (κ3) is 3.91. The molecule has 1 aliphatic heterocycles. The van der Waals surface area contributed by atoms with Crippen molar-refractivity contribution in [3.8, 4) is 11.3 Å². The Morgan fingerprint density at radius 3 is 2.75 bits per heavy atom. The van der Waals surface area contributed by atoms with Crippen LogP contribution in [0.4, 0.5) is 4.39 Å². The molecule has 1 fully saturated rings. The fourth-order valence-electron chi connectivity index (χ4n) is 2.56. The fourth-order valence-corrected chi connectivity index (χ4v) is 4.24. The molecule has 0 bridgehead atoms. The van der Waals surface area contributed by atoms with Gasteiger partial charge in [0.15, 0.2) is 9.84 Å². The third-order valence-electron chi connectivity index (χ3n) is 3.74. The molecule has 5 nitrogen and oxygen atoms in total. The van der Waals surface area contributed by atoms with Gasteiger partial charge in [-0.15, -0.1) is 0 Å². The van der Waals surface area contributed by atoms with Crippen LogP contribution in [0.5, 0.6) is 0 Å². The van der Waals surface area contributed by atoms with Gasteiger partial charge in [0.1, 0.15) is 17.3 Å². The van der Waals surface area contributed by atoms with Gasteiger partial charge in [-0.3, -0.25) is 4.79 Å². The Balaban J connectivity index is 1.63. The average Bonchev–Trinajstić information content (AvgIpc) is 3.12. The average molecular weight is 349 g/mol. The Bertz CT molecular complexity index is 886. The lowest BCUT2D eigenvalue weighted by molar-refractivity contribution is -0.116. The number of nitrogens with one attached hydrogen (secondary N) is 1. The molecule has 0 saturated carbocycles. The fraction of sp³-hybridized carbons (Fsp3) is 0.235. The van der Waals surface area contributed by atoms with E-state index in [1.165, 1.54) is 18.2 Å². The minimum absolute atomic E-state index is 0.0231. The van der Waals surface area contributed by atoms with Gasteiger partial charge in [-0.05, 0) is 36.8 Å². The highest BCUT2D eigenvalue weighted by Gasteiger charge is 2.28. The van der Waals surface area contributed by atoms with Crippen LogP contribution in [-0.2, 0) is 14.6 Å². The molecule has 1 amide bonds. The molecule has 1 aliphatic rings. The summed E-state index contributed by atoms with van der Waals surface area (Å²) in [5.41, 5.74) is 0.345. The lowest BCUT2D eigenvalue weighted by Crippen LogP contribution is -2.34. The van der Waals surface area contributed by atoms with Crippen LogP contribution in [0.3, 0.4) is 0 Å². The van der Waals surface area contributed by atoms with Gasteiger partial charge in [0.25, 0.3) is 0 Å². The van der Waals surface area contributed by atoms with E-state index >= 15 is 0 Å². The van der Waals surface area contributed by atoms with Crippen molar-refractivity contribution in [3.63, 3.8) is 0 Å². The van der Waals surface area contributed by atoms with Crippen molar-refractivity contribution in [2.45, 2.75) is 12.5 Å². The smallest absolute Gasteiger partial charge is 0.244 e. The quantitative estimate of drug-likeness (QED) is 0.860. The number of rotatable bonds is 4. The predicted molar refractivity (Wildman–Crippen MR) is 88.3 cm³/mol. The van der Waals surface area contributed by atoms with E-state index in [4.69, 9.17) is 4.42 Å². The number of hydrogen-bond donors (Lipinski definition) is 1. The number of furan rings is 1. The van der Waals surface area contributed by atoms with Gasteiger partial charge in [-0.1, -0.05) is 12.1 Å². The molecule has 2 heterocycles. The van der Waals surface area contributed by atoms with Crippen LogP contribution in [0.1, 0.15) is 12.2 Å². The monoisotopic (exact) mass is 349 g/mol. The second-order valence-electron chi connectivity index (χ2n) is 5.62. The molecule has 7 heteroatoms. The Labute approximate surface area is 139 Å². The Morgan fingerprint density at radius 2 is 2.04 bits per heavy atom. The normalized spacial score (nSPS) is 19.6. The minimum atomic E-state index is -3.03. The van der Waals surface area contributed by atoms with Gasteiger partial charge in [-0.25, -0.2) is 12.8 Å². The number of carbonyl (C=O) groups excluding carboxylic acids is 1. The second kappa shape index (κ2) is 6.60. The lowest BCUT2D eigenvalue weighted by Gasteiger charge is -2.07. The summed E-state index contributed by atoms with van der Waals surface area (Å²) in [6.07, 6.45) is 3.16. The number of benzene rings is 1. The number of sulfone groups is 1. The first-order valence-corrected chi connectivity index (χ1v) is 9.29. The largest absolute Gasteiger partial charge is 0.457 e. The van der Waals surface area contributed by atoms with E-state index in [1.54, 1.807) is 30.3 Å². The molecule has 1 atom stereocenters. The van der Waals surface area contributed by atoms with Gasteiger partial charge in [0.05, 0.1) is 17.1 Å². The van der Waals surface area contributed by atoms with Crippen LogP contribution in [0.2, 0.25) is 0 Å². The zero-order chi connectivity index (χ0) is 17.2. The summed E-state index contributed by atoms with van der Waals surface area (Å²) in [6.45, 7) is 0. The standard InChI is InChI=1S/C17H16FNO4S/c18-15-4-2-1-3-14(15)16-7-5-13(23-16)6-8-17(20)19-12-9-10-24(21,22)11-12/h1-8,12H,9-11H2,(H,19,20)/b8-6+. The van der Waals surface area contributed by atoms with Gasteiger partial charge in [0, 0.05) is 12.1 Å². The van der Waals surface area contributed by atoms with Crippen LogP contribution in [0, 0.1) is 5.82 Å². The topological polar surface area (TPSA) is 76.4 Å². The summed E-state index contributed by atoms with van der Waals surface area (Å²) in [4.78, 5) is 11.8. The first kappa shape index (κ1) is 16.4. The molecule has 1 aromatic carbocycles. The van der Waals surface area contributed by atoms with Crippen molar-refractivity contribution in [1.82, 2.24) is 5.32 Å². The van der Waals surface area contributed by atoms with Crippen LogP contribution >= 0.6 is 0 Å². The van der Waals surface area contributed by atoms with E-state index in [0.717, 1.165) is 0 Å². The lowest BCUT2D eigenvalue weighted by atomic mass is 10.1. The van der Waals surface area contributed by atoms with E-state index in [9.17, 15) is 17.6 Å². The van der Waals surface area contributed by atoms with E-state index in [0.29, 0.717) is 23.5 Å². The van der Waals surface area contributed by atoms with Crippen molar-refractivity contribution < 1.29 is 22.0 Å². The van der Waals surface area contributed by atoms with Crippen molar-refractivity contribution in [2.75, 3.05) is 11.5 Å². The highest BCUT2D eigenvalue weighted by molar-refractivity contribution is 7.91. The molecule has 1 N–H and O–H groups in total. The van der Waals surface area contributed by atoms with Gasteiger partial charge >= 0.3 is 0 Å². The maximum atomic E-state index is 13.7. The molecule has 0 spiro atoms. The molecule has 0 radical (unpaired) electrons. The van der Waals surface area contributed by atoms with Crippen molar-refractivity contribution >= 4 is 21.8 Å². The predicted octanol–water partition coefficient (Wildman–Crippen LogP) is 2.40. The van der Waals surface area contributed by atoms with Crippen LogP contribution in [0.15, 0.2) is 46.9 Å². The van der Waals surface area contributed by atoms with E-state index < -0.39 is 9.84 Å². The Hall–Kier alpha value is -2.41.